The van der Waals surface area contributed by atoms with Crippen LogP contribution in [-0.4, -0.2) is 30.5 Å². The lowest BCUT2D eigenvalue weighted by Gasteiger charge is -2.03. The molecule has 0 aromatic heterocycles. The van der Waals surface area contributed by atoms with E-state index in [0.29, 0.717) is 15.8 Å². The van der Waals surface area contributed by atoms with E-state index in [1.54, 1.807) is 36.4 Å². The molecule has 2 aromatic rings. The summed E-state index contributed by atoms with van der Waals surface area (Å²) in [5.74, 6) is 5.30. The Morgan fingerprint density at radius 3 is 2.68 bits per heavy atom. The van der Waals surface area contributed by atoms with Gasteiger partial charge in [-0.15, -0.1) is 0 Å². The fourth-order valence-corrected chi connectivity index (χ4v) is 2.26. The number of hydrogen-bond acceptors (Lipinski definition) is 4. The van der Waals surface area contributed by atoms with E-state index in [0.717, 1.165) is 11.1 Å². The molecular formula is C18H13Cl2NO4. The standard InChI is InChI=1S/C18H13Cl2NO4/c19-15-8-16(20)10-17(9-15)24-6-2-5-13-3-1-4-14(7-13)11-21-25-12-18(22)23/h1,3-4,7-11H,6,12H2,(H,22,23)/b21-11+. The molecule has 0 unspecified atom stereocenters. The third-order valence-electron chi connectivity index (χ3n) is 2.73. The highest BCUT2D eigenvalue weighted by molar-refractivity contribution is 6.34. The molecule has 0 saturated carbocycles. The summed E-state index contributed by atoms with van der Waals surface area (Å²) in [5, 5.41) is 13.0. The Hall–Kier alpha value is -2.68. The molecule has 0 aliphatic carbocycles. The molecule has 0 aliphatic rings. The number of aliphatic carboxylic acids is 1. The molecule has 128 valence electrons. The summed E-state index contributed by atoms with van der Waals surface area (Å²) in [6.07, 6.45) is 1.42. The Morgan fingerprint density at radius 2 is 1.96 bits per heavy atom. The first kappa shape index (κ1) is 18.7. The number of ether oxygens (including phenoxy) is 1. The van der Waals surface area contributed by atoms with Gasteiger partial charge in [-0.3, -0.25) is 0 Å². The zero-order valence-electron chi connectivity index (χ0n) is 12.9. The topological polar surface area (TPSA) is 68.1 Å². The average Bonchev–Trinajstić information content (AvgIpc) is 2.55. The van der Waals surface area contributed by atoms with Crippen molar-refractivity contribution in [2.75, 3.05) is 13.2 Å². The van der Waals surface area contributed by atoms with Crippen molar-refractivity contribution < 1.29 is 19.5 Å². The Labute approximate surface area is 154 Å². The van der Waals surface area contributed by atoms with Gasteiger partial charge >= 0.3 is 5.97 Å². The van der Waals surface area contributed by atoms with Gasteiger partial charge in [-0.05, 0) is 35.9 Å². The molecule has 0 atom stereocenters. The number of nitrogens with zero attached hydrogens (tertiary/aromatic N) is 1. The predicted molar refractivity (Wildman–Crippen MR) is 96.5 cm³/mol. The molecule has 0 amide bonds. The molecular weight excluding hydrogens is 365 g/mol. The van der Waals surface area contributed by atoms with Crippen LogP contribution < -0.4 is 4.74 Å². The van der Waals surface area contributed by atoms with Gasteiger partial charge in [0.15, 0.2) is 0 Å². The van der Waals surface area contributed by atoms with E-state index in [1.807, 2.05) is 6.07 Å². The minimum Gasteiger partial charge on any atom is -0.481 e. The van der Waals surface area contributed by atoms with E-state index < -0.39 is 12.6 Å². The Balaban J connectivity index is 1.91. The first-order valence-corrected chi connectivity index (χ1v) is 7.83. The van der Waals surface area contributed by atoms with Gasteiger partial charge in [0, 0.05) is 15.6 Å². The molecule has 0 spiro atoms. The SMILES string of the molecule is O=C(O)CO/N=C/c1cccc(C#CCOc2cc(Cl)cc(Cl)c2)c1. The first-order valence-electron chi connectivity index (χ1n) is 7.08. The van der Waals surface area contributed by atoms with Crippen LogP contribution in [0, 0.1) is 11.8 Å². The van der Waals surface area contributed by atoms with Gasteiger partial charge in [0.2, 0.25) is 6.61 Å². The number of benzene rings is 2. The highest BCUT2D eigenvalue weighted by atomic mass is 35.5. The maximum atomic E-state index is 10.3. The number of halogens is 2. The Bertz CT molecular complexity index is 820. The van der Waals surface area contributed by atoms with Gasteiger partial charge in [0.1, 0.15) is 12.4 Å². The second kappa shape index (κ2) is 9.58. The van der Waals surface area contributed by atoms with E-state index >= 15 is 0 Å². The summed E-state index contributed by atoms with van der Waals surface area (Å²) in [7, 11) is 0. The normalized spacial score (nSPS) is 10.2. The minimum atomic E-state index is -1.09. The number of rotatable bonds is 6. The molecule has 0 fully saturated rings. The van der Waals surface area contributed by atoms with Crippen LogP contribution in [0.2, 0.25) is 10.0 Å². The largest absolute Gasteiger partial charge is 0.481 e. The summed E-state index contributed by atoms with van der Waals surface area (Å²) in [6.45, 7) is -0.308. The molecule has 0 saturated heterocycles. The lowest BCUT2D eigenvalue weighted by atomic mass is 10.1. The minimum absolute atomic E-state index is 0.177. The maximum absolute atomic E-state index is 10.3. The van der Waals surface area contributed by atoms with Gasteiger partial charge in [-0.2, -0.15) is 0 Å². The third-order valence-corrected chi connectivity index (χ3v) is 3.17. The molecule has 5 nitrogen and oxygen atoms in total. The van der Waals surface area contributed by atoms with E-state index in [1.165, 1.54) is 6.21 Å². The van der Waals surface area contributed by atoms with Gasteiger partial charge in [-0.25, -0.2) is 4.79 Å². The molecule has 25 heavy (non-hydrogen) atoms. The van der Waals surface area contributed by atoms with E-state index in [4.69, 9.17) is 33.0 Å². The van der Waals surface area contributed by atoms with Gasteiger partial charge in [0.05, 0.1) is 6.21 Å². The van der Waals surface area contributed by atoms with Crippen LogP contribution >= 0.6 is 23.2 Å². The molecule has 0 aliphatic heterocycles. The number of hydrogen-bond donors (Lipinski definition) is 1. The van der Waals surface area contributed by atoms with Crippen molar-refractivity contribution in [1.29, 1.82) is 0 Å². The van der Waals surface area contributed by atoms with Crippen LogP contribution in [0.3, 0.4) is 0 Å². The smallest absolute Gasteiger partial charge is 0.344 e. The van der Waals surface area contributed by atoms with Gasteiger partial charge in [0.25, 0.3) is 0 Å². The lowest BCUT2D eigenvalue weighted by molar-refractivity contribution is -0.142. The quantitative estimate of drug-likeness (QED) is 0.471. The van der Waals surface area contributed by atoms with Crippen molar-refractivity contribution >= 4 is 35.4 Å². The summed E-state index contributed by atoms with van der Waals surface area (Å²) >= 11 is 11.8. The summed E-state index contributed by atoms with van der Waals surface area (Å²) in [6, 6.07) is 12.2. The fraction of sp³-hybridized carbons (Fsp3) is 0.111. The zero-order chi connectivity index (χ0) is 18.1. The van der Waals surface area contributed by atoms with Crippen molar-refractivity contribution in [3.8, 4) is 17.6 Å². The number of carbonyl (C=O) groups is 1. The van der Waals surface area contributed by atoms with Crippen LogP contribution in [0.5, 0.6) is 5.75 Å². The molecule has 2 rings (SSSR count). The monoisotopic (exact) mass is 377 g/mol. The number of carboxylic acid groups (broad SMARTS) is 1. The predicted octanol–water partition coefficient (Wildman–Crippen LogP) is 3.86. The Morgan fingerprint density at radius 1 is 1.20 bits per heavy atom. The maximum Gasteiger partial charge on any atom is 0.344 e. The van der Waals surface area contributed by atoms with Crippen LogP contribution in [0.1, 0.15) is 11.1 Å². The second-order valence-corrected chi connectivity index (χ2v) is 5.60. The summed E-state index contributed by atoms with van der Waals surface area (Å²) in [5.41, 5.74) is 1.50. The lowest BCUT2D eigenvalue weighted by Crippen LogP contribution is -2.03. The van der Waals surface area contributed by atoms with Crippen LogP contribution in [-0.2, 0) is 9.63 Å². The molecule has 0 heterocycles. The van der Waals surface area contributed by atoms with E-state index in [9.17, 15) is 4.79 Å². The fourth-order valence-electron chi connectivity index (χ4n) is 1.76. The molecule has 2 aromatic carbocycles. The van der Waals surface area contributed by atoms with E-state index in [2.05, 4.69) is 21.8 Å². The van der Waals surface area contributed by atoms with Gasteiger partial charge in [-0.1, -0.05) is 52.3 Å². The molecule has 0 bridgehead atoms. The highest BCUT2D eigenvalue weighted by Crippen LogP contribution is 2.23. The number of carboxylic acids is 1. The van der Waals surface area contributed by atoms with Crippen molar-refractivity contribution in [3.05, 3.63) is 63.6 Å². The average molecular weight is 378 g/mol. The first-order chi connectivity index (χ1) is 12.0. The van der Waals surface area contributed by atoms with Crippen LogP contribution in [0.4, 0.5) is 0 Å². The molecule has 7 heteroatoms. The van der Waals surface area contributed by atoms with E-state index in [-0.39, 0.29) is 6.61 Å². The summed E-state index contributed by atoms with van der Waals surface area (Å²) < 4.78 is 5.48. The Kier molecular flexibility index (Phi) is 7.15. The van der Waals surface area contributed by atoms with Gasteiger partial charge < -0.3 is 14.7 Å². The molecule has 1 N–H and O–H groups in total. The second-order valence-electron chi connectivity index (χ2n) is 4.72. The van der Waals surface area contributed by atoms with Crippen LogP contribution in [0.25, 0.3) is 0 Å². The highest BCUT2D eigenvalue weighted by Gasteiger charge is 1.98. The van der Waals surface area contributed by atoms with Crippen LogP contribution in [0.15, 0.2) is 47.6 Å². The third kappa shape index (κ3) is 7.17. The van der Waals surface area contributed by atoms with Crippen molar-refractivity contribution in [2.45, 2.75) is 0 Å². The zero-order valence-corrected chi connectivity index (χ0v) is 14.4. The van der Waals surface area contributed by atoms with Crippen molar-refractivity contribution in [3.63, 3.8) is 0 Å². The van der Waals surface area contributed by atoms with Crippen molar-refractivity contribution in [2.24, 2.45) is 5.16 Å². The summed E-state index contributed by atoms with van der Waals surface area (Å²) in [4.78, 5) is 14.9. The molecule has 0 radical (unpaired) electrons. The van der Waals surface area contributed by atoms with Crippen molar-refractivity contribution in [1.82, 2.24) is 0 Å². The number of oxime groups is 1.